The average molecular weight is 425 g/mol. The van der Waals surface area contributed by atoms with Gasteiger partial charge in [0.1, 0.15) is 0 Å². The molecular weight excluding hydrogens is 402 g/mol. The Morgan fingerprint density at radius 1 is 0.969 bits per heavy atom. The standard InChI is InChI=1S/C26H23N3O3/c1-2-32-26(31)24-22-17-28(16-15-23(22)29(27-24)19-11-4-3-5-12-19)25(30)21-14-8-10-18-9-6-7-13-20(18)21/h3-14H,2,15-17H2,1H3. The van der Waals surface area contributed by atoms with Crippen LogP contribution in [-0.4, -0.2) is 39.7 Å². The number of benzene rings is 3. The second-order valence-corrected chi connectivity index (χ2v) is 7.75. The first-order valence-corrected chi connectivity index (χ1v) is 10.8. The van der Waals surface area contributed by atoms with E-state index in [9.17, 15) is 9.59 Å². The van der Waals surface area contributed by atoms with Gasteiger partial charge in [0.05, 0.1) is 24.5 Å². The summed E-state index contributed by atoms with van der Waals surface area (Å²) in [5.74, 6) is -0.507. The summed E-state index contributed by atoms with van der Waals surface area (Å²) in [7, 11) is 0. The van der Waals surface area contributed by atoms with Crippen molar-refractivity contribution in [1.82, 2.24) is 14.7 Å². The van der Waals surface area contributed by atoms with E-state index in [1.807, 2.05) is 72.8 Å². The topological polar surface area (TPSA) is 64.4 Å². The number of hydrogen-bond donors (Lipinski definition) is 0. The fraction of sp³-hybridized carbons (Fsp3) is 0.192. The molecule has 0 aliphatic carbocycles. The fourth-order valence-corrected chi connectivity index (χ4v) is 4.32. The molecule has 0 fully saturated rings. The van der Waals surface area contributed by atoms with Crippen molar-refractivity contribution in [3.63, 3.8) is 0 Å². The molecule has 3 aromatic carbocycles. The predicted octanol–water partition coefficient (Wildman–Crippen LogP) is 4.40. The van der Waals surface area contributed by atoms with Gasteiger partial charge in [-0.05, 0) is 35.9 Å². The van der Waals surface area contributed by atoms with Gasteiger partial charge in [-0.1, -0.05) is 54.6 Å². The van der Waals surface area contributed by atoms with Gasteiger partial charge < -0.3 is 9.64 Å². The predicted molar refractivity (Wildman–Crippen MR) is 122 cm³/mol. The molecule has 0 radical (unpaired) electrons. The maximum absolute atomic E-state index is 13.5. The lowest BCUT2D eigenvalue weighted by Gasteiger charge is -2.28. The summed E-state index contributed by atoms with van der Waals surface area (Å²) in [4.78, 5) is 28.0. The molecule has 1 amide bonds. The first-order valence-electron chi connectivity index (χ1n) is 10.8. The van der Waals surface area contributed by atoms with Gasteiger partial charge in [0.15, 0.2) is 5.69 Å². The van der Waals surface area contributed by atoms with Crippen LogP contribution < -0.4 is 0 Å². The van der Waals surface area contributed by atoms with Gasteiger partial charge in [0.25, 0.3) is 5.91 Å². The molecule has 0 bridgehead atoms. The summed E-state index contributed by atoms with van der Waals surface area (Å²) in [5, 5.41) is 6.56. The first kappa shape index (κ1) is 20.0. The minimum Gasteiger partial charge on any atom is -0.461 e. The van der Waals surface area contributed by atoms with Crippen molar-refractivity contribution in [2.24, 2.45) is 0 Å². The molecule has 0 saturated heterocycles. The lowest BCUT2D eigenvalue weighted by atomic mass is 10.0. The van der Waals surface area contributed by atoms with E-state index in [0.717, 1.165) is 27.7 Å². The molecule has 1 aliphatic heterocycles. The third kappa shape index (κ3) is 3.43. The Labute approximate surface area is 186 Å². The van der Waals surface area contributed by atoms with Gasteiger partial charge in [0.2, 0.25) is 0 Å². The lowest BCUT2D eigenvalue weighted by Crippen LogP contribution is -2.36. The Hall–Kier alpha value is -3.93. The third-order valence-corrected chi connectivity index (χ3v) is 5.83. The molecule has 1 aromatic heterocycles. The highest BCUT2D eigenvalue weighted by molar-refractivity contribution is 6.07. The smallest absolute Gasteiger partial charge is 0.359 e. The Balaban J connectivity index is 1.54. The zero-order chi connectivity index (χ0) is 22.1. The molecule has 0 saturated carbocycles. The lowest BCUT2D eigenvalue weighted by molar-refractivity contribution is 0.0513. The highest BCUT2D eigenvalue weighted by Gasteiger charge is 2.31. The summed E-state index contributed by atoms with van der Waals surface area (Å²) in [6, 6.07) is 23.4. The zero-order valence-corrected chi connectivity index (χ0v) is 17.8. The monoisotopic (exact) mass is 425 g/mol. The van der Waals surface area contributed by atoms with Crippen LogP contribution in [0.4, 0.5) is 0 Å². The quantitative estimate of drug-likeness (QED) is 0.455. The van der Waals surface area contributed by atoms with Gasteiger partial charge >= 0.3 is 5.97 Å². The molecule has 4 aromatic rings. The molecule has 0 N–H and O–H groups in total. The molecule has 5 rings (SSSR count). The summed E-state index contributed by atoms with van der Waals surface area (Å²) >= 11 is 0. The Bertz CT molecular complexity index is 1310. The number of esters is 1. The first-order chi connectivity index (χ1) is 15.7. The van der Waals surface area contributed by atoms with Crippen LogP contribution in [0.5, 0.6) is 0 Å². The number of carbonyl (C=O) groups is 2. The van der Waals surface area contributed by atoms with Gasteiger partial charge in [-0.3, -0.25) is 4.79 Å². The van der Waals surface area contributed by atoms with Crippen LogP contribution in [0.25, 0.3) is 16.5 Å². The second-order valence-electron chi connectivity index (χ2n) is 7.75. The molecule has 6 nitrogen and oxygen atoms in total. The highest BCUT2D eigenvalue weighted by atomic mass is 16.5. The molecule has 6 heteroatoms. The van der Waals surface area contributed by atoms with Gasteiger partial charge in [-0.25, -0.2) is 9.48 Å². The normalized spacial score (nSPS) is 13.1. The van der Waals surface area contributed by atoms with Crippen LogP contribution in [0, 0.1) is 0 Å². The van der Waals surface area contributed by atoms with Crippen molar-refractivity contribution in [3.8, 4) is 5.69 Å². The molecular formula is C26H23N3O3. The Morgan fingerprint density at radius 3 is 2.53 bits per heavy atom. The van der Waals surface area contributed by atoms with Crippen molar-refractivity contribution < 1.29 is 14.3 Å². The number of carbonyl (C=O) groups excluding carboxylic acids is 2. The summed E-state index contributed by atoms with van der Waals surface area (Å²) < 4.78 is 7.07. The summed E-state index contributed by atoms with van der Waals surface area (Å²) in [6.45, 7) is 2.91. The maximum Gasteiger partial charge on any atom is 0.359 e. The van der Waals surface area contributed by atoms with Gasteiger partial charge in [-0.15, -0.1) is 0 Å². The Kier molecular flexibility index (Phi) is 5.19. The largest absolute Gasteiger partial charge is 0.461 e. The Morgan fingerprint density at radius 2 is 1.72 bits per heavy atom. The van der Waals surface area contributed by atoms with Crippen LogP contribution in [0.15, 0.2) is 72.8 Å². The van der Waals surface area contributed by atoms with Crippen LogP contribution in [0.2, 0.25) is 0 Å². The van der Waals surface area contributed by atoms with E-state index in [4.69, 9.17) is 4.74 Å². The molecule has 0 unspecified atom stereocenters. The zero-order valence-electron chi connectivity index (χ0n) is 17.8. The van der Waals surface area contributed by atoms with Crippen molar-refractivity contribution in [2.45, 2.75) is 19.9 Å². The SMILES string of the molecule is CCOC(=O)c1nn(-c2ccccc2)c2c1CN(C(=O)c1cccc3ccccc13)CC2. The van der Waals surface area contributed by atoms with Crippen LogP contribution >= 0.6 is 0 Å². The molecule has 160 valence electrons. The van der Waals surface area contributed by atoms with E-state index in [2.05, 4.69) is 5.10 Å². The van der Waals surface area contributed by atoms with E-state index >= 15 is 0 Å². The number of hydrogen-bond acceptors (Lipinski definition) is 4. The van der Waals surface area contributed by atoms with E-state index in [1.165, 1.54) is 0 Å². The van der Waals surface area contributed by atoms with Crippen LogP contribution in [-0.2, 0) is 17.7 Å². The van der Waals surface area contributed by atoms with E-state index in [1.54, 1.807) is 16.5 Å². The average Bonchev–Trinajstić information content (AvgIpc) is 3.23. The summed E-state index contributed by atoms with van der Waals surface area (Å²) in [6.07, 6.45) is 0.604. The van der Waals surface area contributed by atoms with Crippen LogP contribution in [0.3, 0.4) is 0 Å². The van der Waals surface area contributed by atoms with Crippen molar-refractivity contribution in [2.75, 3.05) is 13.2 Å². The van der Waals surface area contributed by atoms with E-state index in [0.29, 0.717) is 25.1 Å². The minimum atomic E-state index is -0.460. The van der Waals surface area contributed by atoms with E-state index < -0.39 is 5.97 Å². The van der Waals surface area contributed by atoms with Gasteiger partial charge in [-0.2, -0.15) is 5.10 Å². The number of fused-ring (bicyclic) bond motifs is 2. The minimum absolute atomic E-state index is 0.0466. The molecule has 0 spiro atoms. The summed E-state index contributed by atoms with van der Waals surface area (Å²) in [5.41, 5.74) is 3.53. The fourth-order valence-electron chi connectivity index (χ4n) is 4.32. The second kappa shape index (κ2) is 8.30. The number of aromatic nitrogens is 2. The molecule has 0 atom stereocenters. The van der Waals surface area contributed by atoms with Crippen LogP contribution in [0.1, 0.15) is 39.0 Å². The molecule has 2 heterocycles. The van der Waals surface area contributed by atoms with Crippen molar-refractivity contribution in [1.29, 1.82) is 0 Å². The maximum atomic E-state index is 13.5. The number of nitrogens with zero attached hydrogens (tertiary/aromatic N) is 3. The van der Waals surface area contributed by atoms with E-state index in [-0.39, 0.29) is 18.2 Å². The number of amides is 1. The molecule has 32 heavy (non-hydrogen) atoms. The van der Waals surface area contributed by atoms with Crippen molar-refractivity contribution >= 4 is 22.6 Å². The third-order valence-electron chi connectivity index (χ3n) is 5.83. The molecule has 1 aliphatic rings. The van der Waals surface area contributed by atoms with Gasteiger partial charge in [0, 0.05) is 24.1 Å². The highest BCUT2D eigenvalue weighted by Crippen LogP contribution is 2.28. The van der Waals surface area contributed by atoms with Crippen molar-refractivity contribution in [3.05, 3.63) is 95.3 Å². The number of rotatable bonds is 4. The number of ether oxygens (including phenoxy) is 1. The number of para-hydroxylation sites is 1.